The summed E-state index contributed by atoms with van der Waals surface area (Å²) in [5.74, 6) is 2.52. The van der Waals surface area contributed by atoms with E-state index in [2.05, 4.69) is 35.7 Å². The Morgan fingerprint density at radius 1 is 1.12 bits per heavy atom. The zero-order valence-corrected chi connectivity index (χ0v) is 15.7. The van der Waals surface area contributed by atoms with Crippen LogP contribution in [0.2, 0.25) is 0 Å². The van der Waals surface area contributed by atoms with Crippen LogP contribution in [0.25, 0.3) is 0 Å². The van der Waals surface area contributed by atoms with Crippen molar-refractivity contribution in [1.82, 2.24) is 9.55 Å². The van der Waals surface area contributed by atoms with E-state index in [1.54, 1.807) is 5.57 Å². The van der Waals surface area contributed by atoms with Crippen LogP contribution in [0.3, 0.4) is 0 Å². The number of hydrogen-bond acceptors (Lipinski definition) is 2. The molecule has 25 heavy (non-hydrogen) atoms. The van der Waals surface area contributed by atoms with Crippen LogP contribution < -0.4 is 0 Å². The molecule has 1 heterocycles. The van der Waals surface area contributed by atoms with Crippen molar-refractivity contribution in [3.63, 3.8) is 0 Å². The van der Waals surface area contributed by atoms with E-state index < -0.39 is 0 Å². The molecule has 3 fully saturated rings. The zero-order valence-electron chi connectivity index (χ0n) is 15.7. The van der Waals surface area contributed by atoms with Crippen LogP contribution in [0.15, 0.2) is 30.4 Å². The molecule has 0 bridgehead atoms. The molecule has 0 spiro atoms. The molecule has 0 radical (unpaired) electrons. The van der Waals surface area contributed by atoms with Crippen LogP contribution in [0.4, 0.5) is 0 Å². The fraction of sp³-hybridized carbons (Fsp3) is 0.773. The molecule has 4 aliphatic rings. The Labute approximate surface area is 151 Å². The second kappa shape index (κ2) is 5.45. The van der Waals surface area contributed by atoms with E-state index in [-0.39, 0.29) is 6.10 Å². The van der Waals surface area contributed by atoms with Gasteiger partial charge < -0.3 is 9.67 Å². The van der Waals surface area contributed by atoms with Gasteiger partial charge in [0.05, 0.1) is 12.4 Å². The lowest BCUT2D eigenvalue weighted by Crippen LogP contribution is -2.50. The Morgan fingerprint density at radius 2 is 2.00 bits per heavy atom. The van der Waals surface area contributed by atoms with Gasteiger partial charge in [0, 0.05) is 18.4 Å². The molecule has 1 aromatic rings. The minimum Gasteiger partial charge on any atom is -0.393 e. The summed E-state index contributed by atoms with van der Waals surface area (Å²) in [6, 6.07) is 0.632. The minimum absolute atomic E-state index is 0.0955. The largest absolute Gasteiger partial charge is 0.393 e. The molecule has 3 unspecified atom stereocenters. The van der Waals surface area contributed by atoms with Crippen molar-refractivity contribution in [2.75, 3.05) is 0 Å². The summed E-state index contributed by atoms with van der Waals surface area (Å²) in [7, 11) is 0. The number of aromatic nitrogens is 2. The monoisotopic (exact) mass is 340 g/mol. The summed E-state index contributed by atoms with van der Waals surface area (Å²) in [5, 5.41) is 10.1. The Morgan fingerprint density at radius 3 is 2.80 bits per heavy atom. The predicted molar refractivity (Wildman–Crippen MR) is 99.0 cm³/mol. The maximum Gasteiger partial charge on any atom is 0.0948 e. The number of aliphatic hydroxyl groups is 1. The molecule has 3 nitrogen and oxygen atoms in total. The normalized spacial score (nSPS) is 49.1. The van der Waals surface area contributed by atoms with Gasteiger partial charge in [-0.1, -0.05) is 25.5 Å². The van der Waals surface area contributed by atoms with Crippen molar-refractivity contribution in [1.29, 1.82) is 0 Å². The highest BCUT2D eigenvalue weighted by Gasteiger charge is 2.58. The Kier molecular flexibility index (Phi) is 3.51. The predicted octanol–water partition coefficient (Wildman–Crippen LogP) is 4.75. The maximum atomic E-state index is 10.1. The van der Waals surface area contributed by atoms with E-state index in [9.17, 15) is 5.11 Å². The first-order valence-electron chi connectivity index (χ1n) is 10.4. The molecule has 1 aromatic heterocycles. The fourth-order valence-corrected chi connectivity index (χ4v) is 7.56. The lowest BCUT2D eigenvalue weighted by molar-refractivity contribution is -0.0475. The summed E-state index contributed by atoms with van der Waals surface area (Å²) >= 11 is 0. The average Bonchev–Trinajstić information content (AvgIpc) is 3.22. The van der Waals surface area contributed by atoms with Gasteiger partial charge in [0.2, 0.25) is 0 Å². The number of aliphatic hydroxyl groups excluding tert-OH is 1. The van der Waals surface area contributed by atoms with Crippen molar-refractivity contribution in [3.05, 3.63) is 30.4 Å². The highest BCUT2D eigenvalue weighted by Crippen LogP contribution is 2.67. The van der Waals surface area contributed by atoms with Gasteiger partial charge in [-0.25, -0.2) is 4.98 Å². The van der Waals surface area contributed by atoms with Crippen molar-refractivity contribution >= 4 is 0 Å². The van der Waals surface area contributed by atoms with Gasteiger partial charge in [0.25, 0.3) is 0 Å². The van der Waals surface area contributed by atoms with Gasteiger partial charge in [-0.05, 0) is 80.0 Å². The molecule has 4 aliphatic carbocycles. The first-order valence-corrected chi connectivity index (χ1v) is 10.4. The molecule has 0 amide bonds. The molecule has 3 saturated carbocycles. The van der Waals surface area contributed by atoms with Crippen molar-refractivity contribution in [2.45, 2.75) is 77.4 Å². The minimum atomic E-state index is -0.0955. The van der Waals surface area contributed by atoms with Crippen molar-refractivity contribution < 1.29 is 5.11 Å². The molecule has 0 saturated heterocycles. The van der Waals surface area contributed by atoms with Gasteiger partial charge in [-0.15, -0.1) is 0 Å². The summed E-state index contributed by atoms with van der Waals surface area (Å²) in [6.07, 6.45) is 18.4. The van der Waals surface area contributed by atoms with Crippen LogP contribution >= 0.6 is 0 Å². The van der Waals surface area contributed by atoms with Gasteiger partial charge in [-0.3, -0.25) is 0 Å². The summed E-state index contributed by atoms with van der Waals surface area (Å²) < 4.78 is 2.39. The quantitative estimate of drug-likeness (QED) is 0.749. The van der Waals surface area contributed by atoms with Crippen molar-refractivity contribution in [3.8, 4) is 0 Å². The smallest absolute Gasteiger partial charge is 0.0948 e. The van der Waals surface area contributed by atoms with Gasteiger partial charge in [0.15, 0.2) is 0 Å². The SMILES string of the molecule is C[C@]12CC[C@H](O)CC1=CCC1C2CC[C@@]2(C)C1CC[C@@H]2n1ccnc1. The molecule has 0 aromatic carbocycles. The molecule has 0 aliphatic heterocycles. The van der Waals surface area contributed by atoms with Crippen LogP contribution in [0.5, 0.6) is 0 Å². The molecular formula is C22H32N2O. The lowest BCUT2D eigenvalue weighted by Gasteiger charge is -2.58. The number of imidazole rings is 1. The molecular weight excluding hydrogens is 308 g/mol. The maximum absolute atomic E-state index is 10.1. The van der Waals surface area contributed by atoms with Crippen LogP contribution in [-0.4, -0.2) is 20.8 Å². The van der Waals surface area contributed by atoms with E-state index in [1.807, 2.05) is 12.5 Å². The summed E-state index contributed by atoms with van der Waals surface area (Å²) in [6.45, 7) is 5.09. The van der Waals surface area contributed by atoms with Crippen LogP contribution in [0.1, 0.15) is 71.3 Å². The third-order valence-corrected chi connectivity index (χ3v) is 8.91. The highest BCUT2D eigenvalue weighted by atomic mass is 16.3. The zero-order chi connectivity index (χ0) is 17.2. The van der Waals surface area contributed by atoms with Crippen LogP contribution in [-0.2, 0) is 0 Å². The third-order valence-electron chi connectivity index (χ3n) is 8.91. The molecule has 3 heteroatoms. The van der Waals surface area contributed by atoms with E-state index in [1.165, 1.54) is 38.5 Å². The summed E-state index contributed by atoms with van der Waals surface area (Å²) in [5.41, 5.74) is 2.37. The summed E-state index contributed by atoms with van der Waals surface area (Å²) in [4.78, 5) is 4.32. The number of allylic oxidation sites excluding steroid dienone is 1. The van der Waals surface area contributed by atoms with Gasteiger partial charge in [0.1, 0.15) is 0 Å². The molecule has 7 atom stereocenters. The molecule has 136 valence electrons. The van der Waals surface area contributed by atoms with E-state index in [0.29, 0.717) is 16.9 Å². The second-order valence-corrected chi connectivity index (χ2v) is 9.80. The number of nitrogens with zero attached hydrogens (tertiary/aromatic N) is 2. The van der Waals surface area contributed by atoms with Crippen LogP contribution in [0, 0.1) is 28.6 Å². The first kappa shape index (κ1) is 16.1. The van der Waals surface area contributed by atoms with E-state index >= 15 is 0 Å². The van der Waals surface area contributed by atoms with Gasteiger partial charge in [-0.2, -0.15) is 0 Å². The van der Waals surface area contributed by atoms with Crippen molar-refractivity contribution in [2.24, 2.45) is 28.6 Å². The Bertz CT molecular complexity index is 680. The first-order chi connectivity index (χ1) is 12.0. The third kappa shape index (κ3) is 2.17. The molecule has 1 N–H and O–H groups in total. The van der Waals surface area contributed by atoms with Gasteiger partial charge >= 0.3 is 0 Å². The Balaban J connectivity index is 1.47. The van der Waals surface area contributed by atoms with E-state index in [4.69, 9.17) is 0 Å². The highest BCUT2D eigenvalue weighted by molar-refractivity contribution is 5.25. The second-order valence-electron chi connectivity index (χ2n) is 9.80. The van der Waals surface area contributed by atoms with E-state index in [0.717, 1.165) is 30.6 Å². The average molecular weight is 341 g/mol. The topological polar surface area (TPSA) is 38.0 Å². The lowest BCUT2D eigenvalue weighted by atomic mass is 9.48. The number of hydrogen-bond donors (Lipinski definition) is 1. The number of rotatable bonds is 1. The number of fused-ring (bicyclic) bond motifs is 5. The standard InChI is InChI=1S/C22H32N2O/c1-21-9-7-16(25)13-15(21)3-4-17-18-5-6-20(24-12-11-23-14-24)22(18,2)10-8-19(17)21/h3,11-12,14,16-20,25H,4-10,13H2,1-2H3/t16-,17?,18?,19?,20-,21-,22-/m0/s1. The Hall–Kier alpha value is -1.09. The molecule has 5 rings (SSSR count). The fourth-order valence-electron chi connectivity index (χ4n) is 7.56.